The van der Waals surface area contributed by atoms with Crippen LogP contribution in [0.25, 0.3) is 0 Å². The minimum absolute atomic E-state index is 0.218. The second-order valence-corrected chi connectivity index (χ2v) is 7.08. The van der Waals surface area contributed by atoms with Crippen molar-refractivity contribution in [1.29, 1.82) is 0 Å². The summed E-state index contributed by atoms with van der Waals surface area (Å²) in [5.41, 5.74) is 3.71. The smallest absolute Gasteiger partial charge is 0.166 e. The van der Waals surface area contributed by atoms with Crippen molar-refractivity contribution in [3.05, 3.63) is 59.2 Å². The van der Waals surface area contributed by atoms with Crippen LogP contribution >= 0.6 is 12.2 Å². The van der Waals surface area contributed by atoms with E-state index in [1.165, 1.54) is 16.7 Å². The normalized spacial score (nSPS) is 11.6. The molecule has 0 heterocycles. The van der Waals surface area contributed by atoms with Crippen LogP contribution < -0.4 is 20.1 Å². The maximum absolute atomic E-state index is 5.70. The monoisotopic (exact) mass is 400 g/mol. The van der Waals surface area contributed by atoms with Crippen molar-refractivity contribution in [3.8, 4) is 11.5 Å². The fourth-order valence-corrected chi connectivity index (χ4v) is 3.24. The molecule has 0 bridgehead atoms. The van der Waals surface area contributed by atoms with Gasteiger partial charge in [-0.3, -0.25) is 0 Å². The second kappa shape index (κ2) is 11.5. The first kappa shape index (κ1) is 22.0. The summed E-state index contributed by atoms with van der Waals surface area (Å²) in [5, 5.41) is 7.42. The number of ether oxygens (including phenoxy) is 2. The van der Waals surface area contributed by atoms with Gasteiger partial charge in [-0.15, -0.1) is 0 Å². The summed E-state index contributed by atoms with van der Waals surface area (Å²) in [6, 6.07) is 14.9. The molecule has 4 nitrogen and oxygen atoms in total. The van der Waals surface area contributed by atoms with E-state index in [4.69, 9.17) is 21.7 Å². The molecule has 0 amide bonds. The molecule has 2 aromatic rings. The summed E-state index contributed by atoms with van der Waals surface area (Å²) >= 11 is 5.49. The molecule has 1 unspecified atom stereocenters. The van der Waals surface area contributed by atoms with E-state index in [1.807, 2.05) is 26.0 Å². The SMILES string of the molecule is CCOc1ccc(CCNC(=S)NC(CC)c2ccc(C)cc2)cc1OCC. The summed E-state index contributed by atoms with van der Waals surface area (Å²) in [6.45, 7) is 10.2. The summed E-state index contributed by atoms with van der Waals surface area (Å²) in [7, 11) is 0. The van der Waals surface area contributed by atoms with Crippen LogP contribution in [0.2, 0.25) is 0 Å². The summed E-state index contributed by atoms with van der Waals surface area (Å²) in [6.07, 6.45) is 1.83. The first-order valence-electron chi connectivity index (χ1n) is 10.1. The van der Waals surface area contributed by atoms with Crippen molar-refractivity contribution < 1.29 is 9.47 Å². The van der Waals surface area contributed by atoms with E-state index in [-0.39, 0.29) is 6.04 Å². The van der Waals surface area contributed by atoms with Crippen LogP contribution in [0, 0.1) is 6.92 Å². The molecule has 0 spiro atoms. The van der Waals surface area contributed by atoms with Gasteiger partial charge in [0.2, 0.25) is 0 Å². The van der Waals surface area contributed by atoms with Gasteiger partial charge < -0.3 is 20.1 Å². The fourth-order valence-electron chi connectivity index (χ4n) is 3.00. The quantitative estimate of drug-likeness (QED) is 0.552. The van der Waals surface area contributed by atoms with Crippen molar-refractivity contribution in [2.45, 2.75) is 46.6 Å². The number of nitrogens with one attached hydrogen (secondary N) is 2. The maximum Gasteiger partial charge on any atom is 0.166 e. The molecule has 0 aliphatic rings. The lowest BCUT2D eigenvalue weighted by atomic mass is 10.0. The van der Waals surface area contributed by atoms with E-state index in [0.29, 0.717) is 18.3 Å². The molecule has 0 aliphatic heterocycles. The molecule has 0 radical (unpaired) electrons. The van der Waals surface area contributed by atoms with Gasteiger partial charge in [0.1, 0.15) is 0 Å². The molecule has 2 aromatic carbocycles. The molecular weight excluding hydrogens is 368 g/mol. The van der Waals surface area contributed by atoms with Gasteiger partial charge in [-0.25, -0.2) is 0 Å². The van der Waals surface area contributed by atoms with Gasteiger partial charge in [0.15, 0.2) is 16.6 Å². The molecule has 0 saturated carbocycles. The molecule has 152 valence electrons. The lowest BCUT2D eigenvalue weighted by Crippen LogP contribution is -2.38. The van der Waals surface area contributed by atoms with Crippen molar-refractivity contribution in [2.75, 3.05) is 19.8 Å². The highest BCUT2D eigenvalue weighted by molar-refractivity contribution is 7.80. The van der Waals surface area contributed by atoms with Crippen LogP contribution in [0.4, 0.5) is 0 Å². The third-order valence-corrected chi connectivity index (χ3v) is 4.76. The Morgan fingerprint density at radius 1 is 0.964 bits per heavy atom. The Bertz CT molecular complexity index is 747. The minimum atomic E-state index is 0.218. The van der Waals surface area contributed by atoms with Crippen LogP contribution in [0.1, 0.15) is 49.9 Å². The Morgan fingerprint density at radius 3 is 2.29 bits per heavy atom. The lowest BCUT2D eigenvalue weighted by molar-refractivity contribution is 0.287. The zero-order valence-electron chi connectivity index (χ0n) is 17.4. The Hall–Kier alpha value is -2.27. The van der Waals surface area contributed by atoms with Gasteiger partial charge in [0.05, 0.1) is 19.3 Å². The van der Waals surface area contributed by atoms with Crippen LogP contribution in [0.15, 0.2) is 42.5 Å². The fraction of sp³-hybridized carbons (Fsp3) is 0.435. The predicted octanol–water partition coefficient (Wildman–Crippen LogP) is 4.95. The maximum atomic E-state index is 5.70. The number of hydrogen-bond acceptors (Lipinski definition) is 3. The largest absolute Gasteiger partial charge is 0.490 e. The third-order valence-electron chi connectivity index (χ3n) is 4.50. The van der Waals surface area contributed by atoms with Crippen LogP contribution in [0.5, 0.6) is 11.5 Å². The Labute approximate surface area is 174 Å². The van der Waals surface area contributed by atoms with Crippen molar-refractivity contribution in [2.24, 2.45) is 0 Å². The van der Waals surface area contributed by atoms with Crippen LogP contribution in [0.3, 0.4) is 0 Å². The van der Waals surface area contributed by atoms with Crippen molar-refractivity contribution in [3.63, 3.8) is 0 Å². The molecule has 2 N–H and O–H groups in total. The summed E-state index contributed by atoms with van der Waals surface area (Å²) in [4.78, 5) is 0. The van der Waals surface area contributed by atoms with Gasteiger partial charge in [0.25, 0.3) is 0 Å². The predicted molar refractivity (Wildman–Crippen MR) is 120 cm³/mol. The van der Waals surface area contributed by atoms with Crippen molar-refractivity contribution >= 4 is 17.3 Å². The highest BCUT2D eigenvalue weighted by Gasteiger charge is 2.10. The number of thiocarbonyl (C=S) groups is 1. The highest BCUT2D eigenvalue weighted by Crippen LogP contribution is 2.28. The third kappa shape index (κ3) is 6.71. The molecule has 5 heteroatoms. The van der Waals surface area contributed by atoms with Crippen molar-refractivity contribution in [1.82, 2.24) is 10.6 Å². The first-order chi connectivity index (χ1) is 13.6. The Balaban J connectivity index is 1.87. The zero-order valence-corrected chi connectivity index (χ0v) is 18.2. The number of aryl methyl sites for hydroxylation is 1. The number of benzene rings is 2. The second-order valence-electron chi connectivity index (χ2n) is 6.67. The zero-order chi connectivity index (χ0) is 20.4. The van der Waals surface area contributed by atoms with E-state index in [1.54, 1.807) is 0 Å². The topological polar surface area (TPSA) is 42.5 Å². The van der Waals surface area contributed by atoms with Crippen LogP contribution in [-0.2, 0) is 6.42 Å². The van der Waals surface area contributed by atoms with E-state index in [9.17, 15) is 0 Å². The van der Waals surface area contributed by atoms with E-state index in [2.05, 4.69) is 54.8 Å². The van der Waals surface area contributed by atoms with Gasteiger partial charge in [-0.1, -0.05) is 42.8 Å². The molecule has 28 heavy (non-hydrogen) atoms. The van der Waals surface area contributed by atoms with E-state index in [0.717, 1.165) is 30.9 Å². The molecule has 2 rings (SSSR count). The molecular formula is C23H32N2O2S. The number of hydrogen-bond donors (Lipinski definition) is 2. The van der Waals surface area contributed by atoms with Gasteiger partial charge in [0, 0.05) is 6.54 Å². The highest BCUT2D eigenvalue weighted by atomic mass is 32.1. The molecule has 0 saturated heterocycles. The molecule has 0 aliphatic carbocycles. The Kier molecular flexibility index (Phi) is 9.08. The van der Waals surface area contributed by atoms with E-state index >= 15 is 0 Å². The molecule has 0 aromatic heterocycles. The van der Waals surface area contributed by atoms with Crippen LogP contribution in [-0.4, -0.2) is 24.9 Å². The standard InChI is InChI=1S/C23H32N2O2S/c1-5-20(19-11-8-17(4)9-12-19)25-23(28)24-15-14-18-10-13-21(26-6-2)22(16-18)27-7-3/h8-13,16,20H,5-7,14-15H2,1-4H3,(H2,24,25,28). The first-order valence-corrected chi connectivity index (χ1v) is 10.5. The van der Waals surface area contributed by atoms with Gasteiger partial charge in [-0.2, -0.15) is 0 Å². The Morgan fingerprint density at radius 2 is 1.64 bits per heavy atom. The average Bonchev–Trinajstić information content (AvgIpc) is 2.69. The number of rotatable bonds is 10. The molecule has 0 fully saturated rings. The average molecular weight is 401 g/mol. The molecule has 1 atom stereocenters. The van der Waals surface area contributed by atoms with E-state index < -0.39 is 0 Å². The summed E-state index contributed by atoms with van der Waals surface area (Å²) in [5.74, 6) is 1.59. The van der Waals surface area contributed by atoms with Gasteiger partial charge in [-0.05, 0) is 69.1 Å². The summed E-state index contributed by atoms with van der Waals surface area (Å²) < 4.78 is 11.3. The minimum Gasteiger partial charge on any atom is -0.490 e. The lowest BCUT2D eigenvalue weighted by Gasteiger charge is -2.20. The van der Waals surface area contributed by atoms with Gasteiger partial charge >= 0.3 is 0 Å².